The lowest BCUT2D eigenvalue weighted by Crippen LogP contribution is -2.65. The number of hydrogen-bond donors (Lipinski definition) is 1. The summed E-state index contributed by atoms with van der Waals surface area (Å²) >= 11 is 0. The van der Waals surface area contributed by atoms with E-state index in [-0.39, 0.29) is 19.8 Å². The van der Waals surface area contributed by atoms with Gasteiger partial charge in [0.05, 0.1) is 46.2 Å². The molecule has 0 aromatic heterocycles. The van der Waals surface area contributed by atoms with E-state index in [9.17, 15) is 5.11 Å². The summed E-state index contributed by atoms with van der Waals surface area (Å²) in [7, 11) is 0. The zero-order valence-electron chi connectivity index (χ0n) is 28.5. The fourth-order valence-electron chi connectivity index (χ4n) is 6.54. The van der Waals surface area contributed by atoms with Crippen LogP contribution in [0.5, 0.6) is 0 Å². The Morgan fingerprint density at radius 3 is 1.59 bits per heavy atom. The molecule has 5 aromatic carbocycles. The minimum absolute atomic E-state index is 0.127. The third-order valence-corrected chi connectivity index (χ3v) is 9.14. The standard InChI is InChI=1S/C43H44O8/c44-43(37-23-13-22-36(26-37)42-46-24-25-47-42)41(50-30-35-20-11-4-12-21-35)40(49-29-34-18-9-3-10-19-34)39(48-28-33-16-7-2-8-17-33)38(51-43)31-45-27-32-14-5-1-6-15-32/h1-23,26,38-42,44H,24-25,27-31H2/t38-,39?,40+,41-,43?/m1/s1. The molecule has 0 amide bonds. The smallest absolute Gasteiger partial charge is 0.222 e. The summed E-state index contributed by atoms with van der Waals surface area (Å²) in [6.45, 7) is 2.24. The maximum Gasteiger partial charge on any atom is 0.222 e. The van der Waals surface area contributed by atoms with E-state index in [1.165, 1.54) is 0 Å². The first kappa shape index (κ1) is 35.2. The van der Waals surface area contributed by atoms with Crippen LogP contribution in [0.3, 0.4) is 0 Å². The van der Waals surface area contributed by atoms with Crippen LogP contribution in [0, 0.1) is 0 Å². The van der Waals surface area contributed by atoms with Crippen LogP contribution in [0.2, 0.25) is 0 Å². The first-order chi connectivity index (χ1) is 25.2. The highest BCUT2D eigenvalue weighted by Gasteiger charge is 2.57. The van der Waals surface area contributed by atoms with E-state index in [1.54, 1.807) is 0 Å². The van der Waals surface area contributed by atoms with E-state index in [1.807, 2.05) is 146 Å². The molecule has 2 heterocycles. The highest BCUT2D eigenvalue weighted by molar-refractivity contribution is 5.30. The summed E-state index contributed by atoms with van der Waals surface area (Å²) < 4.78 is 45.0. The molecular formula is C43H44O8. The second-order valence-corrected chi connectivity index (χ2v) is 12.8. The van der Waals surface area contributed by atoms with Crippen LogP contribution in [0.15, 0.2) is 146 Å². The van der Waals surface area contributed by atoms with Gasteiger partial charge in [-0.05, 0) is 28.3 Å². The molecule has 2 unspecified atom stereocenters. The lowest BCUT2D eigenvalue weighted by molar-refractivity contribution is -0.378. The topological polar surface area (TPSA) is 84.8 Å². The molecule has 1 N–H and O–H groups in total. The summed E-state index contributed by atoms with van der Waals surface area (Å²) in [6, 6.07) is 47.2. The van der Waals surface area contributed by atoms with Gasteiger partial charge in [0.2, 0.25) is 5.79 Å². The van der Waals surface area contributed by atoms with Gasteiger partial charge in [-0.25, -0.2) is 0 Å². The highest BCUT2D eigenvalue weighted by Crippen LogP contribution is 2.42. The van der Waals surface area contributed by atoms with Gasteiger partial charge in [0.15, 0.2) is 6.29 Å². The molecule has 2 aliphatic heterocycles. The van der Waals surface area contributed by atoms with Gasteiger partial charge in [-0.1, -0.05) is 140 Å². The SMILES string of the molecule is OC1(c2cccc(C3OCCO3)c2)O[C@H](COCc2ccccc2)C(OCc2ccccc2)[C@H](OCc2ccccc2)[C@H]1OCc1ccccc1. The van der Waals surface area contributed by atoms with Crippen molar-refractivity contribution in [3.8, 4) is 0 Å². The Labute approximate surface area is 299 Å². The molecule has 264 valence electrons. The molecule has 8 nitrogen and oxygen atoms in total. The van der Waals surface area contributed by atoms with E-state index in [2.05, 4.69) is 0 Å². The van der Waals surface area contributed by atoms with E-state index in [0.29, 0.717) is 32.0 Å². The maximum absolute atomic E-state index is 13.0. The molecule has 51 heavy (non-hydrogen) atoms. The molecule has 5 atom stereocenters. The molecular weight excluding hydrogens is 644 g/mol. The molecule has 7 rings (SSSR count). The third kappa shape index (κ3) is 8.99. The highest BCUT2D eigenvalue weighted by atomic mass is 16.7. The average Bonchev–Trinajstić information content (AvgIpc) is 3.74. The molecule has 0 bridgehead atoms. The van der Waals surface area contributed by atoms with Crippen molar-refractivity contribution >= 4 is 0 Å². The molecule has 2 fully saturated rings. The lowest BCUT2D eigenvalue weighted by atomic mass is 9.86. The van der Waals surface area contributed by atoms with Crippen molar-refractivity contribution in [2.45, 2.75) is 62.9 Å². The van der Waals surface area contributed by atoms with Crippen LogP contribution in [0.25, 0.3) is 0 Å². The second-order valence-electron chi connectivity index (χ2n) is 12.8. The number of ether oxygens (including phenoxy) is 7. The van der Waals surface area contributed by atoms with Crippen LogP contribution in [-0.2, 0) is 65.4 Å². The number of rotatable bonds is 15. The zero-order valence-corrected chi connectivity index (χ0v) is 28.5. The van der Waals surface area contributed by atoms with Crippen molar-refractivity contribution in [1.82, 2.24) is 0 Å². The second kappa shape index (κ2) is 17.3. The summed E-state index contributed by atoms with van der Waals surface area (Å²) in [5.41, 5.74) is 5.19. The fraction of sp³-hybridized carbons (Fsp3) is 0.302. The van der Waals surface area contributed by atoms with Crippen LogP contribution in [-0.4, -0.2) is 49.3 Å². The van der Waals surface area contributed by atoms with Gasteiger partial charge in [-0.2, -0.15) is 0 Å². The zero-order chi connectivity index (χ0) is 34.7. The molecule has 0 spiro atoms. The summed E-state index contributed by atoms with van der Waals surface area (Å²) in [5, 5.41) is 13.0. The van der Waals surface area contributed by atoms with Gasteiger partial charge in [0.25, 0.3) is 0 Å². The Balaban J connectivity index is 1.27. The monoisotopic (exact) mass is 688 g/mol. The third-order valence-electron chi connectivity index (χ3n) is 9.14. The van der Waals surface area contributed by atoms with E-state index in [0.717, 1.165) is 27.8 Å². The van der Waals surface area contributed by atoms with Crippen molar-refractivity contribution in [3.05, 3.63) is 179 Å². The summed E-state index contributed by atoms with van der Waals surface area (Å²) in [6.07, 6.45) is -3.78. The van der Waals surface area contributed by atoms with Crippen LogP contribution in [0.4, 0.5) is 0 Å². The van der Waals surface area contributed by atoms with E-state index >= 15 is 0 Å². The average molecular weight is 689 g/mol. The first-order valence-corrected chi connectivity index (χ1v) is 17.5. The van der Waals surface area contributed by atoms with Gasteiger partial charge < -0.3 is 38.3 Å². The van der Waals surface area contributed by atoms with Gasteiger partial charge in [-0.15, -0.1) is 0 Å². The Hall–Kier alpha value is -4.22. The summed E-state index contributed by atoms with van der Waals surface area (Å²) in [4.78, 5) is 0. The Morgan fingerprint density at radius 2 is 1.04 bits per heavy atom. The van der Waals surface area contributed by atoms with Gasteiger partial charge in [0.1, 0.15) is 24.4 Å². The van der Waals surface area contributed by atoms with E-state index < -0.39 is 36.5 Å². The normalized spacial score (nSPS) is 23.7. The predicted octanol–water partition coefficient (Wildman–Crippen LogP) is 7.25. The van der Waals surface area contributed by atoms with Crippen LogP contribution < -0.4 is 0 Å². The minimum Gasteiger partial charge on any atom is -0.374 e. The quantitative estimate of drug-likeness (QED) is 0.123. The van der Waals surface area contributed by atoms with E-state index in [4.69, 9.17) is 33.2 Å². The van der Waals surface area contributed by atoms with Crippen molar-refractivity contribution in [2.75, 3.05) is 19.8 Å². The van der Waals surface area contributed by atoms with Gasteiger partial charge >= 0.3 is 0 Å². The minimum atomic E-state index is -1.97. The molecule has 8 heteroatoms. The first-order valence-electron chi connectivity index (χ1n) is 17.5. The molecule has 2 aliphatic rings. The maximum atomic E-state index is 13.0. The molecule has 0 aliphatic carbocycles. The van der Waals surface area contributed by atoms with Gasteiger partial charge in [-0.3, -0.25) is 0 Å². The number of aliphatic hydroxyl groups is 1. The summed E-state index contributed by atoms with van der Waals surface area (Å²) in [5.74, 6) is -1.97. The number of benzene rings is 5. The molecule has 0 saturated carbocycles. The molecule has 0 radical (unpaired) electrons. The fourth-order valence-corrected chi connectivity index (χ4v) is 6.54. The molecule has 2 saturated heterocycles. The van der Waals surface area contributed by atoms with Crippen molar-refractivity contribution in [3.63, 3.8) is 0 Å². The largest absolute Gasteiger partial charge is 0.374 e. The van der Waals surface area contributed by atoms with Gasteiger partial charge in [0, 0.05) is 11.1 Å². The Kier molecular flexibility index (Phi) is 12.0. The Morgan fingerprint density at radius 1 is 0.549 bits per heavy atom. The lowest BCUT2D eigenvalue weighted by Gasteiger charge is -2.50. The van der Waals surface area contributed by atoms with Crippen molar-refractivity contribution < 1.29 is 38.3 Å². The van der Waals surface area contributed by atoms with Crippen LogP contribution >= 0.6 is 0 Å². The van der Waals surface area contributed by atoms with Crippen LogP contribution in [0.1, 0.15) is 39.7 Å². The van der Waals surface area contributed by atoms with Crippen molar-refractivity contribution in [1.29, 1.82) is 0 Å². The predicted molar refractivity (Wildman–Crippen MR) is 191 cm³/mol. The Bertz CT molecular complexity index is 1750. The van der Waals surface area contributed by atoms with Crippen molar-refractivity contribution in [2.24, 2.45) is 0 Å². The molecule has 5 aromatic rings. The number of hydrogen-bond acceptors (Lipinski definition) is 8.